The minimum Gasteiger partial charge on any atom is -0.481 e. The van der Waals surface area contributed by atoms with Gasteiger partial charge in [-0.05, 0) is 38.0 Å². The molecule has 1 aliphatic carbocycles. The van der Waals surface area contributed by atoms with Crippen LogP contribution in [-0.2, 0) is 18.3 Å². The van der Waals surface area contributed by atoms with Crippen molar-refractivity contribution >= 4 is 5.97 Å². The van der Waals surface area contributed by atoms with Gasteiger partial charge in [0.15, 0.2) is 0 Å². The fraction of sp³-hybridized carbons (Fsp3) is 0.733. The Labute approximate surface area is 114 Å². The summed E-state index contributed by atoms with van der Waals surface area (Å²) in [6.07, 6.45) is 10.1. The van der Waals surface area contributed by atoms with Crippen LogP contribution in [0.25, 0.3) is 0 Å². The third kappa shape index (κ3) is 2.99. The van der Waals surface area contributed by atoms with Gasteiger partial charge in [0.05, 0.1) is 5.41 Å². The molecule has 1 heterocycles. The fourth-order valence-electron chi connectivity index (χ4n) is 3.20. The van der Waals surface area contributed by atoms with Gasteiger partial charge in [0.25, 0.3) is 0 Å². The second-order valence-electron chi connectivity index (χ2n) is 5.89. The van der Waals surface area contributed by atoms with Gasteiger partial charge >= 0.3 is 5.97 Å². The Morgan fingerprint density at radius 1 is 1.53 bits per heavy atom. The predicted octanol–water partition coefficient (Wildman–Crippen LogP) is 3.02. The molecule has 4 heteroatoms. The van der Waals surface area contributed by atoms with Gasteiger partial charge in [0.1, 0.15) is 5.82 Å². The Morgan fingerprint density at radius 2 is 2.21 bits per heavy atom. The van der Waals surface area contributed by atoms with E-state index in [1.165, 1.54) is 6.42 Å². The maximum atomic E-state index is 11.7. The molecule has 0 amide bonds. The molecule has 1 N–H and O–H groups in total. The van der Waals surface area contributed by atoms with Crippen LogP contribution in [0.1, 0.15) is 51.3 Å². The van der Waals surface area contributed by atoms with Crippen LogP contribution in [0.5, 0.6) is 0 Å². The number of nitrogens with zero attached hydrogens (tertiary/aromatic N) is 2. The highest BCUT2D eigenvalue weighted by atomic mass is 16.4. The Hall–Kier alpha value is -1.32. The van der Waals surface area contributed by atoms with Gasteiger partial charge in [-0.15, -0.1) is 0 Å². The molecule has 0 radical (unpaired) electrons. The standard InChI is InChI=1S/C15H24N2O2/c1-3-12-4-7-15(8-5-12,14(18)19)9-6-13-16-10-11-17(13)2/h10-12H,3-9H2,1-2H3,(H,18,19). The monoisotopic (exact) mass is 264 g/mol. The summed E-state index contributed by atoms with van der Waals surface area (Å²) < 4.78 is 1.98. The Balaban J connectivity index is 2.01. The van der Waals surface area contributed by atoms with Crippen LogP contribution in [0.3, 0.4) is 0 Å². The number of imidazole rings is 1. The molecule has 0 spiro atoms. The van der Waals surface area contributed by atoms with Crippen molar-refractivity contribution in [3.63, 3.8) is 0 Å². The molecular formula is C15H24N2O2. The zero-order valence-electron chi connectivity index (χ0n) is 11.9. The van der Waals surface area contributed by atoms with E-state index in [1.54, 1.807) is 6.20 Å². The predicted molar refractivity (Wildman–Crippen MR) is 73.8 cm³/mol. The van der Waals surface area contributed by atoms with Crippen LogP contribution in [0, 0.1) is 11.3 Å². The van der Waals surface area contributed by atoms with Gasteiger partial charge < -0.3 is 9.67 Å². The summed E-state index contributed by atoms with van der Waals surface area (Å²) in [5.74, 6) is 1.09. The van der Waals surface area contributed by atoms with E-state index in [0.29, 0.717) is 6.42 Å². The molecule has 2 rings (SSSR count). The quantitative estimate of drug-likeness (QED) is 0.889. The van der Waals surface area contributed by atoms with E-state index in [4.69, 9.17) is 0 Å². The summed E-state index contributed by atoms with van der Waals surface area (Å²) in [5, 5.41) is 9.62. The molecule has 0 atom stereocenters. The van der Waals surface area contributed by atoms with Crippen molar-refractivity contribution in [2.75, 3.05) is 0 Å². The number of carboxylic acid groups (broad SMARTS) is 1. The first-order valence-corrected chi connectivity index (χ1v) is 7.27. The second-order valence-corrected chi connectivity index (χ2v) is 5.89. The molecule has 4 nitrogen and oxygen atoms in total. The van der Waals surface area contributed by atoms with Crippen molar-refractivity contribution in [2.24, 2.45) is 18.4 Å². The minimum absolute atomic E-state index is 0.516. The molecule has 1 saturated carbocycles. The van der Waals surface area contributed by atoms with E-state index in [-0.39, 0.29) is 0 Å². The molecule has 0 aromatic carbocycles. The lowest BCUT2D eigenvalue weighted by Crippen LogP contribution is -2.36. The molecule has 1 aliphatic rings. The topological polar surface area (TPSA) is 55.1 Å². The van der Waals surface area contributed by atoms with E-state index in [0.717, 1.165) is 43.8 Å². The lowest BCUT2D eigenvalue weighted by atomic mass is 9.67. The molecule has 106 valence electrons. The highest BCUT2D eigenvalue weighted by molar-refractivity contribution is 5.74. The minimum atomic E-state index is -0.615. The molecular weight excluding hydrogens is 240 g/mol. The molecule has 0 unspecified atom stereocenters. The number of carbonyl (C=O) groups is 1. The molecule has 1 aromatic rings. The normalized spacial score (nSPS) is 27.4. The van der Waals surface area contributed by atoms with Crippen molar-refractivity contribution in [3.8, 4) is 0 Å². The SMILES string of the molecule is CCC1CCC(CCc2nccn2C)(C(=O)O)CC1. The smallest absolute Gasteiger partial charge is 0.309 e. The third-order valence-electron chi connectivity index (χ3n) is 4.84. The maximum Gasteiger partial charge on any atom is 0.309 e. The van der Waals surface area contributed by atoms with Gasteiger partial charge in [0, 0.05) is 25.9 Å². The van der Waals surface area contributed by atoms with Gasteiger partial charge in [-0.3, -0.25) is 4.79 Å². The highest BCUT2D eigenvalue weighted by Crippen LogP contribution is 2.43. The first-order chi connectivity index (χ1) is 9.07. The van der Waals surface area contributed by atoms with Crippen LogP contribution < -0.4 is 0 Å². The Kier molecular flexibility index (Phi) is 4.27. The molecule has 0 aliphatic heterocycles. The van der Waals surface area contributed by atoms with Gasteiger partial charge in [-0.25, -0.2) is 4.98 Å². The molecule has 1 fully saturated rings. The largest absolute Gasteiger partial charge is 0.481 e. The van der Waals surface area contributed by atoms with Gasteiger partial charge in [-0.1, -0.05) is 13.3 Å². The van der Waals surface area contributed by atoms with Crippen molar-refractivity contribution in [3.05, 3.63) is 18.2 Å². The average molecular weight is 264 g/mol. The first-order valence-electron chi connectivity index (χ1n) is 7.27. The number of aromatic nitrogens is 2. The molecule has 0 saturated heterocycles. The first kappa shape index (κ1) is 14.1. The van der Waals surface area contributed by atoms with E-state index in [9.17, 15) is 9.90 Å². The number of hydrogen-bond acceptors (Lipinski definition) is 2. The number of hydrogen-bond donors (Lipinski definition) is 1. The second kappa shape index (κ2) is 5.76. The third-order valence-corrected chi connectivity index (χ3v) is 4.84. The van der Waals surface area contributed by atoms with Crippen LogP contribution in [0.15, 0.2) is 12.4 Å². The molecule has 1 aromatic heterocycles. The zero-order valence-corrected chi connectivity index (χ0v) is 11.9. The number of aliphatic carboxylic acids is 1. The van der Waals surface area contributed by atoms with Crippen molar-refractivity contribution < 1.29 is 9.90 Å². The highest BCUT2D eigenvalue weighted by Gasteiger charge is 2.41. The molecule has 0 bridgehead atoms. The summed E-state index contributed by atoms with van der Waals surface area (Å²) in [5.41, 5.74) is -0.516. The summed E-state index contributed by atoms with van der Waals surface area (Å²) in [7, 11) is 1.96. The lowest BCUT2D eigenvalue weighted by molar-refractivity contribution is -0.152. The lowest BCUT2D eigenvalue weighted by Gasteiger charge is -2.36. The summed E-state index contributed by atoms with van der Waals surface area (Å²) in [4.78, 5) is 16.0. The fourth-order valence-corrected chi connectivity index (χ4v) is 3.20. The summed E-state index contributed by atoms with van der Waals surface area (Å²) in [6, 6.07) is 0. The van der Waals surface area contributed by atoms with Crippen LogP contribution >= 0.6 is 0 Å². The van der Waals surface area contributed by atoms with Crippen LogP contribution in [0.2, 0.25) is 0 Å². The average Bonchev–Trinajstić information content (AvgIpc) is 2.82. The van der Waals surface area contributed by atoms with E-state index >= 15 is 0 Å². The van der Waals surface area contributed by atoms with Crippen molar-refractivity contribution in [2.45, 2.75) is 51.9 Å². The van der Waals surface area contributed by atoms with E-state index in [2.05, 4.69) is 11.9 Å². The van der Waals surface area contributed by atoms with E-state index < -0.39 is 11.4 Å². The number of rotatable bonds is 5. The number of aryl methyl sites for hydroxylation is 2. The van der Waals surface area contributed by atoms with E-state index in [1.807, 2.05) is 17.8 Å². The Morgan fingerprint density at radius 3 is 2.68 bits per heavy atom. The molecule has 19 heavy (non-hydrogen) atoms. The van der Waals surface area contributed by atoms with Gasteiger partial charge in [-0.2, -0.15) is 0 Å². The maximum absolute atomic E-state index is 11.7. The summed E-state index contributed by atoms with van der Waals surface area (Å²) in [6.45, 7) is 2.20. The zero-order chi connectivity index (χ0) is 13.9. The Bertz CT molecular complexity index is 431. The van der Waals surface area contributed by atoms with Crippen molar-refractivity contribution in [1.82, 2.24) is 9.55 Å². The van der Waals surface area contributed by atoms with Crippen molar-refractivity contribution in [1.29, 1.82) is 0 Å². The summed E-state index contributed by atoms with van der Waals surface area (Å²) >= 11 is 0. The number of carboxylic acids is 1. The van der Waals surface area contributed by atoms with Gasteiger partial charge in [0.2, 0.25) is 0 Å². The van der Waals surface area contributed by atoms with Crippen LogP contribution in [-0.4, -0.2) is 20.6 Å². The van der Waals surface area contributed by atoms with Crippen LogP contribution in [0.4, 0.5) is 0 Å².